The predicted octanol–water partition coefficient (Wildman–Crippen LogP) is 1.44. The third kappa shape index (κ3) is 2.16. The highest BCUT2D eigenvalue weighted by Gasteiger charge is 2.38. The Labute approximate surface area is 96.0 Å². The molecule has 3 unspecified atom stereocenters. The maximum absolute atomic E-state index is 11.8. The van der Waals surface area contributed by atoms with Crippen molar-refractivity contribution in [2.24, 2.45) is 0 Å². The molecule has 1 saturated heterocycles. The molecule has 1 saturated carbocycles. The van der Waals surface area contributed by atoms with Crippen LogP contribution in [-0.2, 0) is 4.79 Å². The molecule has 1 N–H and O–H groups in total. The van der Waals surface area contributed by atoms with E-state index < -0.39 is 0 Å². The largest absolute Gasteiger partial charge is 0.322 e. The van der Waals surface area contributed by atoms with E-state index in [2.05, 4.69) is 23.4 Å². The standard InChI is InChI=1S/C11H20N2OS/c1-8-12-7-11(14)13(8)9-5-3-4-6-10(9)15-2/h8-10,12H,3-7H2,1-2H3. The molecule has 86 valence electrons. The summed E-state index contributed by atoms with van der Waals surface area (Å²) in [6.07, 6.45) is 7.45. The first-order valence-electron chi connectivity index (χ1n) is 5.81. The lowest BCUT2D eigenvalue weighted by Crippen LogP contribution is -2.49. The van der Waals surface area contributed by atoms with Gasteiger partial charge in [-0.3, -0.25) is 10.1 Å². The number of hydrogen-bond donors (Lipinski definition) is 1. The van der Waals surface area contributed by atoms with E-state index in [1.54, 1.807) is 0 Å². The third-order valence-corrected chi connectivity index (χ3v) is 4.74. The van der Waals surface area contributed by atoms with Crippen LogP contribution in [0.15, 0.2) is 0 Å². The van der Waals surface area contributed by atoms with Gasteiger partial charge in [0, 0.05) is 11.3 Å². The highest BCUT2D eigenvalue weighted by Crippen LogP contribution is 2.32. The van der Waals surface area contributed by atoms with E-state index in [1.165, 1.54) is 25.7 Å². The summed E-state index contributed by atoms with van der Waals surface area (Å²) in [6.45, 7) is 2.62. The van der Waals surface area contributed by atoms with Gasteiger partial charge in [0.25, 0.3) is 0 Å². The Hall–Kier alpha value is -0.220. The Balaban J connectivity index is 2.09. The molecule has 3 nitrogen and oxygen atoms in total. The molecular formula is C11H20N2OS. The van der Waals surface area contributed by atoms with Crippen molar-refractivity contribution >= 4 is 17.7 Å². The second-order valence-electron chi connectivity index (χ2n) is 4.48. The molecule has 0 aromatic heterocycles. The fraction of sp³-hybridized carbons (Fsp3) is 0.909. The summed E-state index contributed by atoms with van der Waals surface area (Å²) in [5.74, 6) is 0.286. The monoisotopic (exact) mass is 228 g/mol. The fourth-order valence-electron chi connectivity index (χ4n) is 2.78. The minimum atomic E-state index is 0.232. The molecule has 0 spiro atoms. The molecule has 1 aliphatic heterocycles. The second kappa shape index (κ2) is 4.74. The van der Waals surface area contributed by atoms with Gasteiger partial charge in [-0.1, -0.05) is 12.8 Å². The Morgan fingerprint density at radius 2 is 2.13 bits per heavy atom. The second-order valence-corrected chi connectivity index (χ2v) is 5.56. The Kier molecular flexibility index (Phi) is 3.57. The SMILES string of the molecule is CSC1CCCCC1N1C(=O)CNC1C. The van der Waals surface area contributed by atoms with Crippen molar-refractivity contribution in [1.29, 1.82) is 0 Å². The van der Waals surface area contributed by atoms with Crippen LogP contribution in [0.3, 0.4) is 0 Å². The minimum absolute atomic E-state index is 0.232. The molecule has 3 atom stereocenters. The van der Waals surface area contributed by atoms with Crippen LogP contribution >= 0.6 is 11.8 Å². The lowest BCUT2D eigenvalue weighted by atomic mass is 9.93. The molecule has 4 heteroatoms. The van der Waals surface area contributed by atoms with Crippen molar-refractivity contribution in [3.8, 4) is 0 Å². The van der Waals surface area contributed by atoms with Gasteiger partial charge in [-0.25, -0.2) is 0 Å². The lowest BCUT2D eigenvalue weighted by molar-refractivity contribution is -0.130. The summed E-state index contributed by atoms with van der Waals surface area (Å²) >= 11 is 1.92. The molecular weight excluding hydrogens is 208 g/mol. The van der Waals surface area contributed by atoms with Crippen molar-refractivity contribution in [3.63, 3.8) is 0 Å². The zero-order valence-electron chi connectivity index (χ0n) is 9.53. The Morgan fingerprint density at radius 1 is 1.40 bits per heavy atom. The number of thioether (sulfide) groups is 1. The molecule has 2 fully saturated rings. The van der Waals surface area contributed by atoms with Crippen LogP contribution in [0.25, 0.3) is 0 Å². The normalized spacial score (nSPS) is 37.3. The van der Waals surface area contributed by atoms with Crippen molar-refractivity contribution < 1.29 is 4.79 Å². The molecule has 1 amide bonds. The molecule has 0 radical (unpaired) electrons. The van der Waals surface area contributed by atoms with E-state index in [0.717, 1.165) is 0 Å². The average molecular weight is 228 g/mol. The summed E-state index contributed by atoms with van der Waals surface area (Å²) in [7, 11) is 0. The van der Waals surface area contributed by atoms with Crippen LogP contribution in [0.1, 0.15) is 32.6 Å². The quantitative estimate of drug-likeness (QED) is 0.776. The predicted molar refractivity (Wildman–Crippen MR) is 63.9 cm³/mol. The lowest BCUT2D eigenvalue weighted by Gasteiger charge is -2.39. The van der Waals surface area contributed by atoms with E-state index in [1.807, 2.05) is 11.8 Å². The molecule has 0 aromatic rings. The Bertz CT molecular complexity index is 247. The number of carbonyl (C=O) groups excluding carboxylic acids is 1. The van der Waals surface area contributed by atoms with Crippen LogP contribution < -0.4 is 5.32 Å². The van der Waals surface area contributed by atoms with E-state index in [4.69, 9.17) is 0 Å². The van der Waals surface area contributed by atoms with Gasteiger partial charge in [-0.15, -0.1) is 0 Å². The van der Waals surface area contributed by atoms with Crippen LogP contribution in [-0.4, -0.2) is 41.1 Å². The summed E-state index contributed by atoms with van der Waals surface area (Å²) in [5.41, 5.74) is 0. The number of hydrogen-bond acceptors (Lipinski definition) is 3. The maximum atomic E-state index is 11.8. The zero-order valence-corrected chi connectivity index (χ0v) is 10.3. The van der Waals surface area contributed by atoms with Crippen LogP contribution in [0.2, 0.25) is 0 Å². The highest BCUT2D eigenvalue weighted by atomic mass is 32.2. The summed E-state index contributed by atoms with van der Waals surface area (Å²) in [6, 6.07) is 0.464. The Morgan fingerprint density at radius 3 is 2.73 bits per heavy atom. The number of carbonyl (C=O) groups is 1. The van der Waals surface area contributed by atoms with Gasteiger partial charge < -0.3 is 4.90 Å². The smallest absolute Gasteiger partial charge is 0.238 e. The average Bonchev–Trinajstić information content (AvgIpc) is 2.59. The van der Waals surface area contributed by atoms with Crippen LogP contribution in [0.4, 0.5) is 0 Å². The number of nitrogens with one attached hydrogen (secondary N) is 1. The summed E-state index contributed by atoms with van der Waals surface area (Å²) in [5, 5.41) is 3.87. The van der Waals surface area contributed by atoms with Crippen LogP contribution in [0, 0.1) is 0 Å². The van der Waals surface area contributed by atoms with Gasteiger partial charge in [-0.2, -0.15) is 11.8 Å². The molecule has 2 rings (SSSR count). The first-order valence-corrected chi connectivity index (χ1v) is 7.10. The van der Waals surface area contributed by atoms with Gasteiger partial charge >= 0.3 is 0 Å². The minimum Gasteiger partial charge on any atom is -0.322 e. The summed E-state index contributed by atoms with van der Waals surface area (Å²) < 4.78 is 0. The van der Waals surface area contributed by atoms with Gasteiger partial charge in [0.05, 0.1) is 12.7 Å². The molecule has 15 heavy (non-hydrogen) atoms. The van der Waals surface area contributed by atoms with E-state index in [9.17, 15) is 4.79 Å². The molecule has 0 bridgehead atoms. The van der Waals surface area contributed by atoms with Gasteiger partial charge in [-0.05, 0) is 26.0 Å². The first kappa shape index (κ1) is 11.3. The van der Waals surface area contributed by atoms with Gasteiger partial charge in [0.2, 0.25) is 5.91 Å². The number of nitrogens with zero attached hydrogens (tertiary/aromatic N) is 1. The van der Waals surface area contributed by atoms with Crippen molar-refractivity contribution in [1.82, 2.24) is 10.2 Å². The third-order valence-electron chi connectivity index (χ3n) is 3.58. The molecule has 2 aliphatic rings. The number of rotatable bonds is 2. The fourth-order valence-corrected chi connectivity index (χ4v) is 3.77. The summed E-state index contributed by atoms with van der Waals surface area (Å²) in [4.78, 5) is 13.9. The number of amides is 1. The molecule has 0 aromatic carbocycles. The highest BCUT2D eigenvalue weighted by molar-refractivity contribution is 7.99. The van der Waals surface area contributed by atoms with Gasteiger partial charge in [0.1, 0.15) is 0 Å². The van der Waals surface area contributed by atoms with Crippen molar-refractivity contribution in [3.05, 3.63) is 0 Å². The van der Waals surface area contributed by atoms with E-state index in [-0.39, 0.29) is 12.1 Å². The maximum Gasteiger partial charge on any atom is 0.238 e. The van der Waals surface area contributed by atoms with Crippen LogP contribution in [0.5, 0.6) is 0 Å². The van der Waals surface area contributed by atoms with Crippen molar-refractivity contribution in [2.45, 2.75) is 50.1 Å². The first-order chi connectivity index (χ1) is 7.24. The zero-order chi connectivity index (χ0) is 10.8. The van der Waals surface area contributed by atoms with Gasteiger partial charge in [0.15, 0.2) is 0 Å². The van der Waals surface area contributed by atoms with E-state index >= 15 is 0 Å². The van der Waals surface area contributed by atoms with Crippen molar-refractivity contribution in [2.75, 3.05) is 12.8 Å². The topological polar surface area (TPSA) is 32.3 Å². The van der Waals surface area contributed by atoms with E-state index in [0.29, 0.717) is 17.8 Å². The molecule has 1 heterocycles. The molecule has 1 aliphatic carbocycles.